The van der Waals surface area contributed by atoms with Crippen LogP contribution in [0, 0.1) is 0 Å². The van der Waals surface area contributed by atoms with Crippen molar-refractivity contribution in [3.63, 3.8) is 0 Å². The first-order valence-corrected chi connectivity index (χ1v) is 9.49. The zero-order valence-electron chi connectivity index (χ0n) is 15.2. The van der Waals surface area contributed by atoms with Crippen molar-refractivity contribution in [2.75, 3.05) is 63.1 Å². The minimum atomic E-state index is 0.576. The molecule has 1 aromatic heterocycles. The van der Waals surface area contributed by atoms with E-state index in [2.05, 4.69) is 50.0 Å². The van der Waals surface area contributed by atoms with E-state index < -0.39 is 0 Å². The molecule has 3 heterocycles. The van der Waals surface area contributed by atoms with E-state index in [1.807, 2.05) is 0 Å². The molecule has 0 radical (unpaired) electrons. The normalized spacial score (nSPS) is 21.7. The summed E-state index contributed by atoms with van der Waals surface area (Å²) in [7, 11) is 2.21. The van der Waals surface area contributed by atoms with Crippen LogP contribution in [0.25, 0.3) is 0 Å². The Labute approximate surface area is 146 Å². The van der Waals surface area contributed by atoms with E-state index in [4.69, 9.17) is 0 Å². The number of likely N-dealkylation sites (N-methyl/N-ethyl adjacent to an activating group) is 1. The molecule has 1 atom stereocenters. The molecule has 0 spiro atoms. The summed E-state index contributed by atoms with van der Waals surface area (Å²) in [5.41, 5.74) is 0. The second-order valence-electron chi connectivity index (χ2n) is 7.09. The van der Waals surface area contributed by atoms with Gasteiger partial charge >= 0.3 is 0 Å². The molecule has 3 rings (SSSR count). The van der Waals surface area contributed by atoms with Gasteiger partial charge in [-0.3, -0.25) is 4.90 Å². The molecule has 0 saturated carbocycles. The van der Waals surface area contributed by atoms with Crippen molar-refractivity contribution in [1.29, 1.82) is 0 Å². The van der Waals surface area contributed by atoms with Gasteiger partial charge in [-0.1, -0.05) is 6.92 Å². The van der Waals surface area contributed by atoms with Crippen LogP contribution in [0.15, 0.2) is 12.4 Å². The summed E-state index contributed by atoms with van der Waals surface area (Å²) >= 11 is 0. The highest BCUT2D eigenvalue weighted by Gasteiger charge is 2.21. The van der Waals surface area contributed by atoms with Gasteiger partial charge in [0.25, 0.3) is 0 Å². The van der Waals surface area contributed by atoms with Crippen molar-refractivity contribution >= 4 is 11.6 Å². The molecular weight excluding hydrogens is 300 g/mol. The first-order chi connectivity index (χ1) is 11.8. The predicted molar refractivity (Wildman–Crippen MR) is 99.7 cm³/mol. The number of rotatable bonds is 6. The Morgan fingerprint density at radius 1 is 1.04 bits per heavy atom. The molecule has 1 unspecified atom stereocenters. The van der Waals surface area contributed by atoms with Crippen LogP contribution in [0.5, 0.6) is 0 Å². The van der Waals surface area contributed by atoms with E-state index in [0.29, 0.717) is 6.04 Å². The van der Waals surface area contributed by atoms with Gasteiger partial charge in [-0.15, -0.1) is 0 Å². The lowest BCUT2D eigenvalue weighted by molar-refractivity contribution is 0.114. The number of nitrogens with one attached hydrogen (secondary N) is 1. The zero-order valence-corrected chi connectivity index (χ0v) is 15.2. The molecule has 6 heteroatoms. The zero-order chi connectivity index (χ0) is 16.8. The van der Waals surface area contributed by atoms with E-state index in [9.17, 15) is 0 Å². The van der Waals surface area contributed by atoms with Crippen LogP contribution in [0.2, 0.25) is 0 Å². The molecule has 134 valence electrons. The minimum Gasteiger partial charge on any atom is -0.368 e. The molecule has 1 N–H and O–H groups in total. The molecule has 24 heavy (non-hydrogen) atoms. The van der Waals surface area contributed by atoms with E-state index in [1.165, 1.54) is 51.9 Å². The highest BCUT2D eigenvalue weighted by atomic mass is 15.3. The summed E-state index contributed by atoms with van der Waals surface area (Å²) < 4.78 is 0. The van der Waals surface area contributed by atoms with Crippen LogP contribution in [-0.4, -0.2) is 78.7 Å². The van der Waals surface area contributed by atoms with Crippen LogP contribution < -0.4 is 10.2 Å². The van der Waals surface area contributed by atoms with Crippen LogP contribution in [0.4, 0.5) is 11.6 Å². The Morgan fingerprint density at radius 2 is 1.79 bits per heavy atom. The Bertz CT molecular complexity index is 494. The number of hydrogen-bond acceptors (Lipinski definition) is 6. The molecular formula is C18H32N6. The second kappa shape index (κ2) is 8.62. The van der Waals surface area contributed by atoms with Crippen molar-refractivity contribution in [3.05, 3.63) is 12.4 Å². The monoisotopic (exact) mass is 332 g/mol. The molecule has 2 aliphatic rings. The lowest BCUT2D eigenvalue weighted by atomic mass is 10.1. The van der Waals surface area contributed by atoms with Gasteiger partial charge in [0.1, 0.15) is 18.0 Å². The summed E-state index contributed by atoms with van der Waals surface area (Å²) in [4.78, 5) is 16.3. The predicted octanol–water partition coefficient (Wildman–Crippen LogP) is 1.90. The van der Waals surface area contributed by atoms with Gasteiger partial charge in [0.2, 0.25) is 0 Å². The van der Waals surface area contributed by atoms with Gasteiger partial charge in [0.05, 0.1) is 0 Å². The van der Waals surface area contributed by atoms with Gasteiger partial charge in [0, 0.05) is 57.9 Å². The van der Waals surface area contributed by atoms with Crippen molar-refractivity contribution in [2.45, 2.75) is 38.6 Å². The Morgan fingerprint density at radius 3 is 2.50 bits per heavy atom. The molecule has 6 nitrogen and oxygen atoms in total. The van der Waals surface area contributed by atoms with Crippen LogP contribution in [0.3, 0.4) is 0 Å². The standard InChI is InChI=1S/C18H32N6/c1-3-16(23-11-9-22(2)10-12-23)14-19-17-13-18(21-15-20-17)24-7-5-4-6-8-24/h13,15-16H,3-12,14H2,1-2H3,(H,19,20,21). The van der Waals surface area contributed by atoms with Gasteiger partial charge in [0.15, 0.2) is 0 Å². The summed E-state index contributed by atoms with van der Waals surface area (Å²) in [6.07, 6.45) is 6.75. The Kier molecular flexibility index (Phi) is 6.26. The van der Waals surface area contributed by atoms with Crippen molar-refractivity contribution in [1.82, 2.24) is 19.8 Å². The van der Waals surface area contributed by atoms with E-state index in [1.54, 1.807) is 6.33 Å². The highest BCUT2D eigenvalue weighted by molar-refractivity contribution is 5.48. The maximum Gasteiger partial charge on any atom is 0.134 e. The minimum absolute atomic E-state index is 0.576. The third-order valence-electron chi connectivity index (χ3n) is 5.38. The van der Waals surface area contributed by atoms with Crippen molar-refractivity contribution in [2.24, 2.45) is 0 Å². The van der Waals surface area contributed by atoms with Crippen LogP contribution in [-0.2, 0) is 0 Å². The van der Waals surface area contributed by atoms with Crippen molar-refractivity contribution < 1.29 is 0 Å². The molecule has 2 fully saturated rings. The maximum absolute atomic E-state index is 4.47. The lowest BCUT2D eigenvalue weighted by Crippen LogP contribution is -2.50. The molecule has 2 saturated heterocycles. The molecule has 0 bridgehead atoms. The van der Waals surface area contributed by atoms with E-state index in [-0.39, 0.29) is 0 Å². The Balaban J connectivity index is 1.55. The third kappa shape index (κ3) is 4.57. The number of piperidine rings is 1. The fourth-order valence-corrected chi connectivity index (χ4v) is 3.68. The van der Waals surface area contributed by atoms with Gasteiger partial charge in [-0.2, -0.15) is 0 Å². The fraction of sp³-hybridized carbons (Fsp3) is 0.778. The maximum atomic E-state index is 4.47. The van der Waals surface area contributed by atoms with Gasteiger partial charge in [-0.05, 0) is 32.7 Å². The van der Waals surface area contributed by atoms with Crippen LogP contribution in [0.1, 0.15) is 32.6 Å². The molecule has 0 amide bonds. The second-order valence-corrected chi connectivity index (χ2v) is 7.09. The summed E-state index contributed by atoms with van der Waals surface area (Å²) in [6.45, 7) is 10.1. The van der Waals surface area contributed by atoms with E-state index >= 15 is 0 Å². The Hall–Kier alpha value is -1.40. The number of aromatic nitrogens is 2. The van der Waals surface area contributed by atoms with Gasteiger partial charge < -0.3 is 15.1 Å². The summed E-state index contributed by atoms with van der Waals surface area (Å²) in [5, 5.41) is 3.55. The largest absolute Gasteiger partial charge is 0.368 e. The molecule has 2 aliphatic heterocycles. The van der Waals surface area contributed by atoms with Gasteiger partial charge in [-0.25, -0.2) is 9.97 Å². The number of anilines is 2. The average Bonchev–Trinajstić information content (AvgIpc) is 2.64. The quantitative estimate of drug-likeness (QED) is 0.859. The summed E-state index contributed by atoms with van der Waals surface area (Å²) in [5.74, 6) is 2.03. The summed E-state index contributed by atoms with van der Waals surface area (Å²) in [6, 6.07) is 2.69. The highest BCUT2D eigenvalue weighted by Crippen LogP contribution is 2.19. The topological polar surface area (TPSA) is 47.5 Å². The number of piperazine rings is 1. The fourth-order valence-electron chi connectivity index (χ4n) is 3.68. The first-order valence-electron chi connectivity index (χ1n) is 9.49. The van der Waals surface area contributed by atoms with Crippen molar-refractivity contribution in [3.8, 4) is 0 Å². The lowest BCUT2D eigenvalue weighted by Gasteiger charge is -2.37. The molecule has 0 aliphatic carbocycles. The van der Waals surface area contributed by atoms with Crippen LogP contribution >= 0.6 is 0 Å². The molecule has 1 aromatic rings. The molecule has 0 aromatic carbocycles. The first kappa shape index (κ1) is 17.4. The smallest absolute Gasteiger partial charge is 0.134 e. The number of nitrogens with zero attached hydrogens (tertiary/aromatic N) is 5. The SMILES string of the molecule is CCC(CNc1cc(N2CCCCC2)ncn1)N1CCN(C)CC1. The van der Waals surface area contributed by atoms with E-state index in [0.717, 1.165) is 31.3 Å². The third-order valence-corrected chi connectivity index (χ3v) is 5.38. The number of hydrogen-bond donors (Lipinski definition) is 1. The average molecular weight is 332 g/mol.